The van der Waals surface area contributed by atoms with Gasteiger partial charge in [0.15, 0.2) is 0 Å². The van der Waals surface area contributed by atoms with E-state index < -0.39 is 6.10 Å². The standard InChI is InChI=1S/C17H20ClN3O2S/c18-14-8-13(17(23)21-5-2-1-3-6-21)9-19-16(14)20-10-15(22)12-4-7-24-11-12/h4,7-9,11,15,22H,1-3,5-6,10H2,(H,19,20). The van der Waals surface area contributed by atoms with Crippen LogP contribution in [0.5, 0.6) is 0 Å². The van der Waals surface area contributed by atoms with E-state index in [0.29, 0.717) is 22.9 Å². The molecule has 128 valence electrons. The van der Waals surface area contributed by atoms with Gasteiger partial charge in [-0.3, -0.25) is 4.79 Å². The number of nitrogens with zero attached hydrogens (tertiary/aromatic N) is 2. The highest BCUT2D eigenvalue weighted by Crippen LogP contribution is 2.23. The average molecular weight is 366 g/mol. The number of carbonyl (C=O) groups excluding carboxylic acids is 1. The largest absolute Gasteiger partial charge is 0.387 e. The van der Waals surface area contributed by atoms with Crippen LogP contribution in [0.4, 0.5) is 5.82 Å². The lowest BCUT2D eigenvalue weighted by molar-refractivity contribution is 0.0724. The highest BCUT2D eigenvalue weighted by atomic mass is 35.5. The maximum absolute atomic E-state index is 12.5. The fraction of sp³-hybridized carbons (Fsp3) is 0.412. The molecule has 0 aromatic carbocycles. The summed E-state index contributed by atoms with van der Waals surface area (Å²) in [6.45, 7) is 1.90. The van der Waals surface area contributed by atoms with Crippen LogP contribution < -0.4 is 5.32 Å². The molecule has 0 radical (unpaired) electrons. The number of hydrogen-bond acceptors (Lipinski definition) is 5. The molecule has 2 N–H and O–H groups in total. The van der Waals surface area contributed by atoms with Gasteiger partial charge in [0.2, 0.25) is 0 Å². The number of piperidine rings is 1. The van der Waals surface area contributed by atoms with Crippen LogP contribution >= 0.6 is 22.9 Å². The third kappa shape index (κ3) is 4.06. The first-order chi connectivity index (χ1) is 11.6. The molecular formula is C17H20ClN3O2S. The maximum Gasteiger partial charge on any atom is 0.255 e. The van der Waals surface area contributed by atoms with Crippen LogP contribution in [0.25, 0.3) is 0 Å². The van der Waals surface area contributed by atoms with Gasteiger partial charge in [-0.2, -0.15) is 11.3 Å². The van der Waals surface area contributed by atoms with Crippen LogP contribution in [0.1, 0.15) is 41.3 Å². The SMILES string of the molecule is O=C(c1cnc(NCC(O)c2ccsc2)c(Cl)c1)N1CCCCC1. The first kappa shape index (κ1) is 17.2. The number of pyridine rings is 1. The van der Waals surface area contributed by atoms with Gasteiger partial charge in [-0.05, 0) is 47.7 Å². The third-order valence-electron chi connectivity index (χ3n) is 4.12. The summed E-state index contributed by atoms with van der Waals surface area (Å²) in [6.07, 6.45) is 4.20. The molecule has 24 heavy (non-hydrogen) atoms. The lowest BCUT2D eigenvalue weighted by Gasteiger charge is -2.26. The summed E-state index contributed by atoms with van der Waals surface area (Å²) in [5.74, 6) is 0.454. The summed E-state index contributed by atoms with van der Waals surface area (Å²) in [6, 6.07) is 3.53. The number of amides is 1. The number of thiophene rings is 1. The van der Waals surface area contributed by atoms with Gasteiger partial charge in [0.1, 0.15) is 5.82 Å². The summed E-state index contributed by atoms with van der Waals surface area (Å²) >= 11 is 7.79. The molecule has 0 aliphatic carbocycles. The smallest absolute Gasteiger partial charge is 0.255 e. The normalized spacial score (nSPS) is 16.0. The van der Waals surface area contributed by atoms with E-state index in [4.69, 9.17) is 11.6 Å². The van der Waals surface area contributed by atoms with Gasteiger partial charge in [-0.1, -0.05) is 11.6 Å². The molecule has 1 aliphatic heterocycles. The number of hydrogen-bond donors (Lipinski definition) is 2. The first-order valence-electron chi connectivity index (χ1n) is 8.04. The fourth-order valence-corrected chi connectivity index (χ4v) is 3.68. The van der Waals surface area contributed by atoms with E-state index in [2.05, 4.69) is 10.3 Å². The highest BCUT2D eigenvalue weighted by Gasteiger charge is 2.19. The van der Waals surface area contributed by atoms with Crippen LogP contribution in [-0.2, 0) is 0 Å². The Kier molecular flexibility index (Phi) is 5.71. The summed E-state index contributed by atoms with van der Waals surface area (Å²) in [5.41, 5.74) is 1.37. The second-order valence-electron chi connectivity index (χ2n) is 5.86. The Morgan fingerprint density at radius 2 is 2.21 bits per heavy atom. The van der Waals surface area contributed by atoms with Crippen molar-refractivity contribution >= 4 is 34.7 Å². The number of halogens is 1. The molecule has 2 aromatic rings. The van der Waals surface area contributed by atoms with Crippen molar-refractivity contribution in [2.24, 2.45) is 0 Å². The topological polar surface area (TPSA) is 65.5 Å². The summed E-state index contributed by atoms with van der Waals surface area (Å²) < 4.78 is 0. The zero-order valence-electron chi connectivity index (χ0n) is 13.2. The van der Waals surface area contributed by atoms with E-state index >= 15 is 0 Å². The minimum atomic E-state index is -0.622. The number of aromatic nitrogens is 1. The summed E-state index contributed by atoms with van der Waals surface area (Å²) in [5, 5.41) is 17.3. The van der Waals surface area contributed by atoms with Crippen molar-refractivity contribution in [1.82, 2.24) is 9.88 Å². The molecule has 5 nitrogen and oxygen atoms in total. The van der Waals surface area contributed by atoms with Crippen LogP contribution in [0.15, 0.2) is 29.1 Å². The van der Waals surface area contributed by atoms with Crippen molar-refractivity contribution < 1.29 is 9.90 Å². The second-order valence-corrected chi connectivity index (χ2v) is 7.05. The molecule has 1 fully saturated rings. The molecule has 7 heteroatoms. The summed E-state index contributed by atoms with van der Waals surface area (Å²) in [7, 11) is 0. The Bertz CT molecular complexity index is 687. The number of aliphatic hydroxyl groups is 1. The lowest BCUT2D eigenvalue weighted by atomic mass is 10.1. The van der Waals surface area contributed by atoms with Gasteiger partial charge in [-0.15, -0.1) is 0 Å². The number of aliphatic hydroxyl groups excluding tert-OH is 1. The second kappa shape index (κ2) is 7.96. The van der Waals surface area contributed by atoms with E-state index in [1.807, 2.05) is 21.7 Å². The van der Waals surface area contributed by atoms with Gasteiger partial charge < -0.3 is 15.3 Å². The highest BCUT2D eigenvalue weighted by molar-refractivity contribution is 7.07. The Morgan fingerprint density at radius 3 is 2.88 bits per heavy atom. The van der Waals surface area contributed by atoms with Gasteiger partial charge in [0, 0.05) is 25.8 Å². The molecule has 2 aromatic heterocycles. The van der Waals surface area contributed by atoms with Crippen molar-refractivity contribution in [3.63, 3.8) is 0 Å². The van der Waals surface area contributed by atoms with Crippen molar-refractivity contribution in [3.05, 3.63) is 45.2 Å². The van der Waals surface area contributed by atoms with Crippen LogP contribution in [0.2, 0.25) is 5.02 Å². The lowest BCUT2D eigenvalue weighted by Crippen LogP contribution is -2.35. The minimum absolute atomic E-state index is 0.0195. The number of carbonyl (C=O) groups is 1. The zero-order valence-corrected chi connectivity index (χ0v) is 14.8. The maximum atomic E-state index is 12.5. The van der Waals surface area contributed by atoms with Crippen LogP contribution in [-0.4, -0.2) is 40.5 Å². The van der Waals surface area contributed by atoms with E-state index in [0.717, 1.165) is 31.5 Å². The van der Waals surface area contributed by atoms with Crippen molar-refractivity contribution in [2.45, 2.75) is 25.4 Å². The Labute approximate surface area is 150 Å². The van der Waals surface area contributed by atoms with Crippen molar-refractivity contribution in [3.8, 4) is 0 Å². The van der Waals surface area contributed by atoms with Crippen molar-refractivity contribution in [1.29, 1.82) is 0 Å². The van der Waals surface area contributed by atoms with Gasteiger partial charge in [0.05, 0.1) is 16.7 Å². The fourth-order valence-electron chi connectivity index (χ4n) is 2.74. The Balaban J connectivity index is 1.62. The van der Waals surface area contributed by atoms with Gasteiger partial charge in [0.25, 0.3) is 5.91 Å². The molecule has 3 rings (SSSR count). The van der Waals surface area contributed by atoms with E-state index in [9.17, 15) is 9.90 Å². The Hall–Kier alpha value is -1.63. The zero-order chi connectivity index (χ0) is 16.9. The van der Waals surface area contributed by atoms with E-state index in [1.165, 1.54) is 17.8 Å². The number of anilines is 1. The molecule has 3 heterocycles. The molecule has 1 unspecified atom stereocenters. The number of likely N-dealkylation sites (tertiary alicyclic amines) is 1. The molecule has 1 saturated heterocycles. The van der Waals surface area contributed by atoms with Gasteiger partial charge >= 0.3 is 0 Å². The monoisotopic (exact) mass is 365 g/mol. The van der Waals surface area contributed by atoms with E-state index in [1.54, 1.807) is 12.3 Å². The molecule has 0 saturated carbocycles. The average Bonchev–Trinajstić information content (AvgIpc) is 3.15. The molecule has 0 spiro atoms. The molecule has 1 aliphatic rings. The number of nitrogens with one attached hydrogen (secondary N) is 1. The van der Waals surface area contributed by atoms with E-state index in [-0.39, 0.29) is 5.91 Å². The number of rotatable bonds is 5. The summed E-state index contributed by atoms with van der Waals surface area (Å²) in [4.78, 5) is 18.6. The van der Waals surface area contributed by atoms with Crippen LogP contribution in [0.3, 0.4) is 0 Å². The molecular weight excluding hydrogens is 346 g/mol. The van der Waals surface area contributed by atoms with Crippen LogP contribution in [0, 0.1) is 0 Å². The molecule has 0 bridgehead atoms. The molecule has 1 atom stereocenters. The van der Waals surface area contributed by atoms with Crippen molar-refractivity contribution in [2.75, 3.05) is 25.0 Å². The first-order valence-corrected chi connectivity index (χ1v) is 9.36. The predicted molar refractivity (Wildman–Crippen MR) is 96.8 cm³/mol. The third-order valence-corrected chi connectivity index (χ3v) is 5.11. The molecule has 1 amide bonds. The minimum Gasteiger partial charge on any atom is -0.387 e. The van der Waals surface area contributed by atoms with Gasteiger partial charge in [-0.25, -0.2) is 4.98 Å². The predicted octanol–water partition coefficient (Wildman–Crippen LogP) is 3.57. The quantitative estimate of drug-likeness (QED) is 0.850. The Morgan fingerprint density at radius 1 is 1.42 bits per heavy atom.